The molecule has 3 aromatic rings. The maximum Gasteiger partial charge on any atom is 0.272 e. The van der Waals surface area contributed by atoms with Crippen molar-refractivity contribution in [3.05, 3.63) is 66.1 Å². The lowest BCUT2D eigenvalue weighted by Gasteiger charge is -2.15. The van der Waals surface area contributed by atoms with Crippen molar-refractivity contribution in [2.45, 2.75) is 12.3 Å². The molecule has 1 aliphatic heterocycles. The van der Waals surface area contributed by atoms with Crippen molar-refractivity contribution >= 4 is 16.8 Å². The van der Waals surface area contributed by atoms with E-state index in [1.54, 1.807) is 12.3 Å². The molecule has 1 aliphatic rings. The molecule has 1 atom stereocenters. The van der Waals surface area contributed by atoms with Crippen molar-refractivity contribution in [1.82, 2.24) is 14.9 Å². The van der Waals surface area contributed by atoms with Crippen molar-refractivity contribution in [3.8, 4) is 0 Å². The quantitative estimate of drug-likeness (QED) is 0.788. The first-order valence-corrected chi connectivity index (χ1v) is 7.59. The molecule has 1 aromatic carbocycles. The normalized spacial score (nSPS) is 18.0. The standard InChI is InChI=1S/C18H17N3O/c22-18(17-7-3-4-9-19-17)21-10-8-13(12-21)15-11-20-16-6-2-1-5-14(15)16/h1-7,9,11,13,20H,8,10,12H2. The second-order valence-corrected chi connectivity index (χ2v) is 5.74. The second kappa shape index (κ2) is 5.30. The smallest absolute Gasteiger partial charge is 0.272 e. The maximum atomic E-state index is 12.5. The number of aromatic amines is 1. The lowest BCUT2D eigenvalue weighted by atomic mass is 9.98. The molecule has 0 radical (unpaired) electrons. The van der Waals surface area contributed by atoms with E-state index >= 15 is 0 Å². The molecule has 22 heavy (non-hydrogen) atoms. The van der Waals surface area contributed by atoms with Crippen LogP contribution >= 0.6 is 0 Å². The molecule has 2 aromatic heterocycles. The predicted molar refractivity (Wildman–Crippen MR) is 85.8 cm³/mol. The van der Waals surface area contributed by atoms with Gasteiger partial charge in [-0.2, -0.15) is 0 Å². The number of carbonyl (C=O) groups excluding carboxylic acids is 1. The van der Waals surface area contributed by atoms with Crippen molar-refractivity contribution < 1.29 is 4.79 Å². The first-order valence-electron chi connectivity index (χ1n) is 7.59. The molecule has 0 bridgehead atoms. The molecule has 1 saturated heterocycles. The Kier molecular flexibility index (Phi) is 3.15. The Hall–Kier alpha value is -2.62. The van der Waals surface area contributed by atoms with E-state index in [0.717, 1.165) is 25.0 Å². The molecular formula is C18H17N3O. The van der Waals surface area contributed by atoms with Crippen molar-refractivity contribution in [1.29, 1.82) is 0 Å². The third-order valence-electron chi connectivity index (χ3n) is 4.42. The highest BCUT2D eigenvalue weighted by Gasteiger charge is 2.29. The largest absolute Gasteiger partial charge is 0.361 e. The monoisotopic (exact) mass is 291 g/mol. The van der Waals surface area contributed by atoms with Crippen LogP contribution in [0, 0.1) is 0 Å². The fourth-order valence-electron chi connectivity index (χ4n) is 3.28. The number of fused-ring (bicyclic) bond motifs is 1. The van der Waals surface area contributed by atoms with Gasteiger partial charge in [-0.25, -0.2) is 0 Å². The number of carbonyl (C=O) groups is 1. The lowest BCUT2D eigenvalue weighted by Crippen LogP contribution is -2.29. The Balaban J connectivity index is 1.56. The molecule has 1 unspecified atom stereocenters. The van der Waals surface area contributed by atoms with Crippen molar-refractivity contribution in [3.63, 3.8) is 0 Å². The first kappa shape index (κ1) is 13.1. The van der Waals surface area contributed by atoms with Gasteiger partial charge in [0.05, 0.1) is 0 Å². The highest BCUT2D eigenvalue weighted by molar-refractivity contribution is 5.92. The Morgan fingerprint density at radius 2 is 2.05 bits per heavy atom. The summed E-state index contributed by atoms with van der Waals surface area (Å²) in [5.41, 5.74) is 3.00. The molecule has 0 spiro atoms. The van der Waals surface area contributed by atoms with Gasteiger partial charge in [0.15, 0.2) is 0 Å². The molecule has 1 fully saturated rings. The van der Waals surface area contributed by atoms with E-state index in [4.69, 9.17) is 0 Å². The topological polar surface area (TPSA) is 49.0 Å². The molecule has 3 heterocycles. The highest BCUT2D eigenvalue weighted by atomic mass is 16.2. The van der Waals surface area contributed by atoms with Gasteiger partial charge in [0.25, 0.3) is 5.91 Å². The van der Waals surface area contributed by atoms with Crippen molar-refractivity contribution in [2.75, 3.05) is 13.1 Å². The maximum absolute atomic E-state index is 12.5. The minimum Gasteiger partial charge on any atom is -0.361 e. The van der Waals surface area contributed by atoms with E-state index in [1.165, 1.54) is 10.9 Å². The SMILES string of the molecule is O=C(c1ccccn1)N1CCC(c2c[nH]c3ccccc23)C1. The zero-order chi connectivity index (χ0) is 14.9. The van der Waals surface area contributed by atoms with Gasteiger partial charge in [-0.05, 0) is 30.2 Å². The van der Waals surface area contributed by atoms with Gasteiger partial charge < -0.3 is 9.88 Å². The van der Waals surface area contributed by atoms with Crippen LogP contribution < -0.4 is 0 Å². The van der Waals surface area contributed by atoms with Crippen LogP contribution in [-0.2, 0) is 0 Å². The van der Waals surface area contributed by atoms with Crippen LogP contribution in [-0.4, -0.2) is 33.9 Å². The van der Waals surface area contributed by atoms with Gasteiger partial charge >= 0.3 is 0 Å². The Bertz CT molecular complexity index is 809. The van der Waals surface area contributed by atoms with Crippen LogP contribution in [0.4, 0.5) is 0 Å². The molecular weight excluding hydrogens is 274 g/mol. The van der Waals surface area contributed by atoms with Gasteiger partial charge in [-0.15, -0.1) is 0 Å². The van der Waals surface area contributed by atoms with Crippen LogP contribution in [0.5, 0.6) is 0 Å². The number of nitrogens with one attached hydrogen (secondary N) is 1. The van der Waals surface area contributed by atoms with E-state index < -0.39 is 0 Å². The molecule has 1 N–H and O–H groups in total. The number of aromatic nitrogens is 2. The summed E-state index contributed by atoms with van der Waals surface area (Å²) in [5, 5.41) is 1.26. The summed E-state index contributed by atoms with van der Waals surface area (Å²) in [6.45, 7) is 1.55. The molecule has 4 heteroatoms. The lowest BCUT2D eigenvalue weighted by molar-refractivity contribution is 0.0785. The van der Waals surface area contributed by atoms with Gasteiger partial charge in [0.2, 0.25) is 0 Å². The fraction of sp³-hybridized carbons (Fsp3) is 0.222. The van der Waals surface area contributed by atoms with Crippen LogP contribution in [0.25, 0.3) is 10.9 Å². The van der Waals surface area contributed by atoms with Crippen LogP contribution in [0.3, 0.4) is 0 Å². The third-order valence-corrected chi connectivity index (χ3v) is 4.42. The Labute approximate surface area is 128 Å². The molecule has 1 amide bonds. The van der Waals surface area contributed by atoms with E-state index in [0.29, 0.717) is 11.6 Å². The van der Waals surface area contributed by atoms with E-state index in [-0.39, 0.29) is 5.91 Å². The van der Waals surface area contributed by atoms with Gasteiger partial charge in [0, 0.05) is 42.3 Å². The highest BCUT2D eigenvalue weighted by Crippen LogP contribution is 2.32. The second-order valence-electron chi connectivity index (χ2n) is 5.74. The number of likely N-dealkylation sites (tertiary alicyclic amines) is 1. The summed E-state index contributed by atoms with van der Waals surface area (Å²) >= 11 is 0. The zero-order valence-corrected chi connectivity index (χ0v) is 12.2. The zero-order valence-electron chi connectivity index (χ0n) is 12.2. The molecule has 4 nitrogen and oxygen atoms in total. The summed E-state index contributed by atoms with van der Waals surface area (Å²) < 4.78 is 0. The summed E-state index contributed by atoms with van der Waals surface area (Å²) in [7, 11) is 0. The van der Waals surface area contributed by atoms with Crippen LogP contribution in [0.1, 0.15) is 28.4 Å². The fourth-order valence-corrected chi connectivity index (χ4v) is 3.28. The number of nitrogens with zero attached hydrogens (tertiary/aromatic N) is 2. The van der Waals surface area contributed by atoms with E-state index in [2.05, 4.69) is 34.4 Å². The number of H-pyrrole nitrogens is 1. The van der Waals surface area contributed by atoms with Crippen molar-refractivity contribution in [2.24, 2.45) is 0 Å². The van der Waals surface area contributed by atoms with Crippen LogP contribution in [0.15, 0.2) is 54.9 Å². The van der Waals surface area contributed by atoms with Gasteiger partial charge in [-0.3, -0.25) is 9.78 Å². The number of hydrogen-bond donors (Lipinski definition) is 1. The predicted octanol–water partition coefficient (Wildman–Crippen LogP) is 3.19. The number of pyridine rings is 1. The molecule has 4 rings (SSSR count). The third kappa shape index (κ3) is 2.17. The summed E-state index contributed by atoms with van der Waals surface area (Å²) in [5.74, 6) is 0.423. The Morgan fingerprint density at radius 1 is 1.18 bits per heavy atom. The van der Waals surface area contributed by atoms with Gasteiger partial charge in [0.1, 0.15) is 5.69 Å². The minimum atomic E-state index is 0.0305. The number of amides is 1. The molecule has 0 saturated carbocycles. The van der Waals surface area contributed by atoms with Crippen LogP contribution in [0.2, 0.25) is 0 Å². The molecule has 0 aliphatic carbocycles. The first-order chi connectivity index (χ1) is 10.8. The summed E-state index contributed by atoms with van der Waals surface area (Å²) in [6.07, 6.45) is 4.75. The minimum absolute atomic E-state index is 0.0305. The van der Waals surface area contributed by atoms with E-state index in [9.17, 15) is 4.79 Å². The summed E-state index contributed by atoms with van der Waals surface area (Å²) in [6, 6.07) is 13.8. The number of hydrogen-bond acceptors (Lipinski definition) is 2. The average molecular weight is 291 g/mol. The van der Waals surface area contributed by atoms with E-state index in [1.807, 2.05) is 23.1 Å². The summed E-state index contributed by atoms with van der Waals surface area (Å²) in [4.78, 5) is 21.9. The number of benzene rings is 1. The Morgan fingerprint density at radius 3 is 2.91 bits per heavy atom. The average Bonchev–Trinajstić information content (AvgIpc) is 3.21. The van der Waals surface area contributed by atoms with Gasteiger partial charge in [-0.1, -0.05) is 24.3 Å². The molecule has 110 valence electrons. The number of para-hydroxylation sites is 1. The number of rotatable bonds is 2.